The molecular formula is C24H41N3O2. The molecule has 1 rings (SSSR count). The van der Waals surface area contributed by atoms with Gasteiger partial charge in [0.05, 0.1) is 0 Å². The summed E-state index contributed by atoms with van der Waals surface area (Å²) in [7, 11) is 4.00. The maximum Gasteiger partial charge on any atom is 0.224 e. The van der Waals surface area contributed by atoms with Crippen molar-refractivity contribution in [3.8, 4) is 0 Å². The summed E-state index contributed by atoms with van der Waals surface area (Å²) in [5.74, 6) is 0.503. The van der Waals surface area contributed by atoms with Crippen molar-refractivity contribution >= 4 is 23.2 Å². The number of amides is 2. The van der Waals surface area contributed by atoms with Gasteiger partial charge in [0.2, 0.25) is 11.8 Å². The van der Waals surface area contributed by atoms with E-state index in [0.29, 0.717) is 25.3 Å². The Balaban J connectivity index is 3.19. The van der Waals surface area contributed by atoms with E-state index >= 15 is 0 Å². The molecule has 2 amide bonds. The number of benzene rings is 1. The molecule has 0 aliphatic carbocycles. The Hall–Kier alpha value is -2.04. The van der Waals surface area contributed by atoms with E-state index in [4.69, 9.17) is 0 Å². The van der Waals surface area contributed by atoms with Crippen molar-refractivity contribution in [3.05, 3.63) is 23.8 Å². The fraction of sp³-hybridized carbons (Fsp3) is 0.667. The molecule has 1 N–H and O–H groups in total. The van der Waals surface area contributed by atoms with Gasteiger partial charge in [0, 0.05) is 50.9 Å². The Labute approximate surface area is 177 Å². The van der Waals surface area contributed by atoms with Gasteiger partial charge in [-0.05, 0) is 48.4 Å². The average Bonchev–Trinajstić information content (AvgIpc) is 2.56. The van der Waals surface area contributed by atoms with Crippen LogP contribution < -0.4 is 10.2 Å². The predicted molar refractivity (Wildman–Crippen MR) is 123 cm³/mol. The molecule has 0 bridgehead atoms. The molecule has 0 spiro atoms. The minimum atomic E-state index is -0.0557. The highest BCUT2D eigenvalue weighted by molar-refractivity contribution is 5.91. The van der Waals surface area contributed by atoms with Crippen LogP contribution in [-0.4, -0.2) is 36.9 Å². The number of nitrogens with zero attached hydrogens (tertiary/aromatic N) is 2. The van der Waals surface area contributed by atoms with Crippen LogP contribution in [0.25, 0.3) is 0 Å². The smallest absolute Gasteiger partial charge is 0.224 e. The van der Waals surface area contributed by atoms with Crippen molar-refractivity contribution in [2.75, 3.05) is 24.3 Å². The second kappa shape index (κ2) is 10.7. The summed E-state index contributed by atoms with van der Waals surface area (Å²) in [5, 5.41) is 3.00. The van der Waals surface area contributed by atoms with Gasteiger partial charge in [-0.3, -0.25) is 9.59 Å². The summed E-state index contributed by atoms with van der Waals surface area (Å²) in [6, 6.07) is 6.11. The molecule has 1 atom stereocenters. The average molecular weight is 404 g/mol. The zero-order valence-corrected chi connectivity index (χ0v) is 19.9. The van der Waals surface area contributed by atoms with Crippen LogP contribution in [0, 0.1) is 11.3 Å². The summed E-state index contributed by atoms with van der Waals surface area (Å²) in [5.41, 5.74) is 2.83. The molecule has 0 aliphatic heterocycles. The van der Waals surface area contributed by atoms with E-state index in [1.807, 2.05) is 51.0 Å². The molecule has 0 saturated carbocycles. The number of hydrogen-bond donors (Lipinski definition) is 1. The lowest BCUT2D eigenvalue weighted by atomic mass is 9.91. The highest BCUT2D eigenvalue weighted by atomic mass is 16.2. The third-order valence-electron chi connectivity index (χ3n) is 4.90. The maximum absolute atomic E-state index is 13.1. The molecule has 29 heavy (non-hydrogen) atoms. The topological polar surface area (TPSA) is 52.7 Å². The van der Waals surface area contributed by atoms with Gasteiger partial charge in [-0.15, -0.1) is 0 Å². The molecule has 0 saturated heterocycles. The minimum absolute atomic E-state index is 0.0196. The number of anilines is 2. The number of carbonyl (C=O) groups excluding carboxylic acids is 2. The van der Waals surface area contributed by atoms with Gasteiger partial charge in [0.15, 0.2) is 0 Å². The molecule has 0 aromatic heterocycles. The second-order valence-electron chi connectivity index (χ2n) is 9.90. The molecule has 0 aliphatic rings. The molecular weight excluding hydrogens is 362 g/mol. The van der Waals surface area contributed by atoms with Crippen LogP contribution in [0.1, 0.15) is 73.3 Å². The fourth-order valence-corrected chi connectivity index (χ4v) is 3.26. The van der Waals surface area contributed by atoms with Crippen LogP contribution in [0.15, 0.2) is 18.2 Å². The summed E-state index contributed by atoms with van der Waals surface area (Å²) < 4.78 is 0. The second-order valence-corrected chi connectivity index (χ2v) is 9.90. The van der Waals surface area contributed by atoms with Crippen molar-refractivity contribution in [1.82, 2.24) is 4.90 Å². The maximum atomic E-state index is 13.1. The Morgan fingerprint density at radius 3 is 2.21 bits per heavy atom. The van der Waals surface area contributed by atoms with Crippen LogP contribution in [0.3, 0.4) is 0 Å². The van der Waals surface area contributed by atoms with E-state index in [-0.39, 0.29) is 23.3 Å². The normalized spacial score (nSPS) is 12.6. The largest absolute Gasteiger partial charge is 0.377 e. The summed E-state index contributed by atoms with van der Waals surface area (Å²) in [6.45, 7) is 15.1. The third kappa shape index (κ3) is 8.46. The van der Waals surface area contributed by atoms with Crippen LogP contribution in [0.4, 0.5) is 11.4 Å². The van der Waals surface area contributed by atoms with Crippen molar-refractivity contribution in [2.24, 2.45) is 11.3 Å². The van der Waals surface area contributed by atoms with Crippen LogP contribution in [-0.2, 0) is 16.1 Å². The standard InChI is InChI=1S/C24H41N3O2/c1-10-18(4)27(23(29)15-24(5,6)7)16-19-14-20(11-12-21(19)26(8)9)25-22(28)13-17(2)3/h11-12,14,17-18H,10,13,15-16H2,1-9H3,(H,25,28)/t18-/m0/s1. The lowest BCUT2D eigenvalue weighted by Gasteiger charge is -2.33. The lowest BCUT2D eigenvalue weighted by molar-refractivity contribution is -0.136. The Morgan fingerprint density at radius 2 is 1.72 bits per heavy atom. The zero-order chi connectivity index (χ0) is 22.4. The van der Waals surface area contributed by atoms with Crippen molar-refractivity contribution in [2.45, 2.75) is 80.3 Å². The first-order valence-corrected chi connectivity index (χ1v) is 10.7. The third-order valence-corrected chi connectivity index (χ3v) is 4.90. The molecule has 0 fully saturated rings. The first-order chi connectivity index (χ1) is 13.3. The molecule has 1 aromatic carbocycles. The molecule has 1 aromatic rings. The molecule has 0 heterocycles. The minimum Gasteiger partial charge on any atom is -0.377 e. The number of carbonyl (C=O) groups is 2. The first-order valence-electron chi connectivity index (χ1n) is 10.7. The van der Waals surface area contributed by atoms with Gasteiger partial charge >= 0.3 is 0 Å². The molecule has 0 radical (unpaired) electrons. The SMILES string of the molecule is CC[C@H](C)N(Cc1cc(NC(=O)CC(C)C)ccc1N(C)C)C(=O)CC(C)(C)C. The number of nitrogens with one attached hydrogen (secondary N) is 1. The van der Waals surface area contributed by atoms with Gasteiger partial charge in [0.25, 0.3) is 0 Å². The highest BCUT2D eigenvalue weighted by Gasteiger charge is 2.25. The predicted octanol–water partition coefficient (Wildman–Crippen LogP) is 5.30. The van der Waals surface area contributed by atoms with E-state index in [1.165, 1.54) is 0 Å². The highest BCUT2D eigenvalue weighted by Crippen LogP contribution is 2.28. The number of hydrogen-bond acceptors (Lipinski definition) is 3. The lowest BCUT2D eigenvalue weighted by Crippen LogP contribution is -2.39. The molecule has 0 unspecified atom stereocenters. The van der Waals surface area contributed by atoms with Crippen LogP contribution >= 0.6 is 0 Å². The van der Waals surface area contributed by atoms with Gasteiger partial charge in [0.1, 0.15) is 0 Å². The van der Waals surface area contributed by atoms with Crippen LogP contribution in [0.2, 0.25) is 0 Å². The summed E-state index contributed by atoms with van der Waals surface area (Å²) >= 11 is 0. The van der Waals surface area contributed by atoms with Gasteiger partial charge in [-0.2, -0.15) is 0 Å². The van der Waals surface area contributed by atoms with Crippen molar-refractivity contribution in [3.63, 3.8) is 0 Å². The summed E-state index contributed by atoms with van der Waals surface area (Å²) in [6.07, 6.45) is 1.91. The molecule has 5 heteroatoms. The van der Waals surface area contributed by atoms with Crippen molar-refractivity contribution < 1.29 is 9.59 Å². The number of rotatable bonds is 9. The quantitative estimate of drug-likeness (QED) is 0.609. The zero-order valence-electron chi connectivity index (χ0n) is 19.9. The van der Waals surface area contributed by atoms with E-state index in [2.05, 4.69) is 44.8 Å². The van der Waals surface area contributed by atoms with Gasteiger partial charge < -0.3 is 15.1 Å². The van der Waals surface area contributed by atoms with E-state index in [1.54, 1.807) is 0 Å². The van der Waals surface area contributed by atoms with E-state index in [9.17, 15) is 9.59 Å². The first kappa shape index (κ1) is 25.0. The van der Waals surface area contributed by atoms with Crippen LogP contribution in [0.5, 0.6) is 0 Å². The Morgan fingerprint density at radius 1 is 1.10 bits per heavy atom. The van der Waals surface area contributed by atoms with E-state index < -0.39 is 0 Å². The molecule has 164 valence electrons. The Bertz CT molecular complexity index is 690. The monoisotopic (exact) mass is 403 g/mol. The fourth-order valence-electron chi connectivity index (χ4n) is 3.26. The van der Waals surface area contributed by atoms with Gasteiger partial charge in [-0.25, -0.2) is 0 Å². The van der Waals surface area contributed by atoms with Gasteiger partial charge in [-0.1, -0.05) is 41.5 Å². The molecule has 5 nitrogen and oxygen atoms in total. The van der Waals surface area contributed by atoms with Crippen molar-refractivity contribution in [1.29, 1.82) is 0 Å². The summed E-state index contributed by atoms with van der Waals surface area (Å²) in [4.78, 5) is 29.3. The Kier molecular flexibility index (Phi) is 9.18. The van der Waals surface area contributed by atoms with E-state index in [0.717, 1.165) is 23.4 Å².